The predicted molar refractivity (Wildman–Crippen MR) is 116 cm³/mol. The van der Waals surface area contributed by atoms with Crippen LogP contribution in [0.3, 0.4) is 0 Å². The molecule has 2 aliphatic rings. The van der Waals surface area contributed by atoms with Crippen LogP contribution in [0.1, 0.15) is 25.7 Å². The highest BCUT2D eigenvalue weighted by molar-refractivity contribution is 6.33. The van der Waals surface area contributed by atoms with Crippen LogP contribution in [0.25, 0.3) is 11.3 Å². The molecule has 0 saturated carbocycles. The molecular weight excluding hydrogens is 423 g/mol. The third kappa shape index (κ3) is 5.66. The van der Waals surface area contributed by atoms with Gasteiger partial charge in [0, 0.05) is 38.1 Å². The molecule has 0 aliphatic carbocycles. The second kappa shape index (κ2) is 10.3. The number of piperidine rings is 1. The van der Waals surface area contributed by atoms with Crippen molar-refractivity contribution in [3.63, 3.8) is 0 Å². The van der Waals surface area contributed by atoms with E-state index in [-0.39, 0.29) is 17.6 Å². The molecule has 0 radical (unpaired) electrons. The maximum atomic E-state index is 14.2. The Morgan fingerprint density at radius 3 is 2.87 bits per heavy atom. The molecule has 2 aliphatic heterocycles. The number of hydrogen-bond acceptors (Lipinski definition) is 7. The van der Waals surface area contributed by atoms with Gasteiger partial charge in [-0.05, 0) is 44.2 Å². The number of pyridine rings is 1. The molecule has 2 aromatic rings. The molecule has 2 saturated heterocycles. The summed E-state index contributed by atoms with van der Waals surface area (Å²) < 4.78 is 19.6. The Kier molecular flexibility index (Phi) is 7.26. The first-order chi connectivity index (χ1) is 15.1. The smallest absolute Gasteiger partial charge is 0.255 e. The van der Waals surface area contributed by atoms with Crippen molar-refractivity contribution in [1.82, 2.24) is 20.3 Å². The Balaban J connectivity index is 1.48. The molecule has 1 unspecified atom stereocenters. The van der Waals surface area contributed by atoms with Crippen molar-refractivity contribution in [3.05, 3.63) is 29.4 Å². The Hall–Kier alpha value is -2.36. The standard InChI is InChI=1S/C21H26ClFN6O2/c22-16-11-25-18(29-21(30)14-2-1-5-24-10-14)8-15(16)17-12-26-19(23)20(28-17)27-9-13-3-6-31-7-4-13/h8,11-14,24H,1-7,9-10H2,(H,27,28)(H,25,29,30). The van der Waals surface area contributed by atoms with Gasteiger partial charge in [-0.3, -0.25) is 4.79 Å². The highest BCUT2D eigenvalue weighted by Crippen LogP contribution is 2.29. The monoisotopic (exact) mass is 448 g/mol. The van der Waals surface area contributed by atoms with E-state index in [9.17, 15) is 9.18 Å². The highest BCUT2D eigenvalue weighted by Gasteiger charge is 2.22. The molecule has 1 atom stereocenters. The van der Waals surface area contributed by atoms with E-state index < -0.39 is 5.95 Å². The van der Waals surface area contributed by atoms with E-state index in [1.807, 2.05) is 0 Å². The lowest BCUT2D eigenvalue weighted by molar-refractivity contribution is -0.120. The van der Waals surface area contributed by atoms with Crippen LogP contribution >= 0.6 is 11.6 Å². The Morgan fingerprint density at radius 2 is 2.10 bits per heavy atom. The molecule has 2 aromatic heterocycles. The first kappa shape index (κ1) is 21.9. The van der Waals surface area contributed by atoms with Crippen LogP contribution in [0.15, 0.2) is 18.5 Å². The molecular formula is C21H26ClFN6O2. The van der Waals surface area contributed by atoms with E-state index in [1.54, 1.807) is 6.07 Å². The van der Waals surface area contributed by atoms with Gasteiger partial charge in [-0.1, -0.05) is 11.6 Å². The van der Waals surface area contributed by atoms with E-state index in [2.05, 4.69) is 30.9 Å². The number of carbonyl (C=O) groups is 1. The van der Waals surface area contributed by atoms with Crippen LogP contribution in [-0.4, -0.2) is 53.7 Å². The molecule has 166 valence electrons. The SMILES string of the molecule is O=C(Nc1cc(-c2cnc(F)c(NCC3CCOCC3)n2)c(Cl)cn1)C1CCCNC1. The van der Waals surface area contributed by atoms with Gasteiger partial charge in [0.25, 0.3) is 5.95 Å². The van der Waals surface area contributed by atoms with Gasteiger partial charge >= 0.3 is 0 Å². The first-order valence-corrected chi connectivity index (χ1v) is 11.0. The molecule has 3 N–H and O–H groups in total. The highest BCUT2D eigenvalue weighted by atomic mass is 35.5. The zero-order valence-electron chi connectivity index (χ0n) is 17.2. The Labute approximate surface area is 185 Å². The second-order valence-electron chi connectivity index (χ2n) is 7.91. The van der Waals surface area contributed by atoms with Gasteiger partial charge in [0.15, 0.2) is 5.82 Å². The normalized spacial score (nSPS) is 19.7. The zero-order chi connectivity index (χ0) is 21.6. The number of rotatable bonds is 6. The number of amides is 1. The summed E-state index contributed by atoms with van der Waals surface area (Å²) in [6.07, 6.45) is 6.44. The maximum Gasteiger partial charge on any atom is 0.255 e. The average molecular weight is 449 g/mol. The van der Waals surface area contributed by atoms with Gasteiger partial charge in [-0.15, -0.1) is 0 Å². The van der Waals surface area contributed by atoms with Crippen molar-refractivity contribution in [3.8, 4) is 11.3 Å². The Bertz CT molecular complexity index is 919. The van der Waals surface area contributed by atoms with E-state index in [4.69, 9.17) is 16.3 Å². The van der Waals surface area contributed by atoms with Crippen molar-refractivity contribution < 1.29 is 13.9 Å². The molecule has 8 nitrogen and oxygen atoms in total. The van der Waals surface area contributed by atoms with Crippen LogP contribution in [0.5, 0.6) is 0 Å². The summed E-state index contributed by atoms with van der Waals surface area (Å²) in [5.74, 6) is 0.00494. The van der Waals surface area contributed by atoms with Crippen molar-refractivity contribution in [2.24, 2.45) is 11.8 Å². The molecule has 10 heteroatoms. The van der Waals surface area contributed by atoms with Crippen molar-refractivity contribution in [2.75, 3.05) is 43.5 Å². The number of hydrogen-bond donors (Lipinski definition) is 3. The Morgan fingerprint density at radius 1 is 1.26 bits per heavy atom. The lowest BCUT2D eigenvalue weighted by atomic mass is 9.99. The number of nitrogens with zero attached hydrogens (tertiary/aromatic N) is 3. The van der Waals surface area contributed by atoms with E-state index in [1.165, 1.54) is 12.4 Å². The largest absolute Gasteiger partial charge is 0.381 e. The van der Waals surface area contributed by atoms with Crippen LogP contribution in [0.4, 0.5) is 16.0 Å². The summed E-state index contributed by atoms with van der Waals surface area (Å²) in [5.41, 5.74) is 0.925. The fourth-order valence-corrected chi connectivity index (χ4v) is 4.02. The number of halogens is 2. The van der Waals surface area contributed by atoms with Gasteiger partial charge < -0.3 is 20.7 Å². The van der Waals surface area contributed by atoms with Crippen molar-refractivity contribution >= 4 is 29.1 Å². The number of aromatic nitrogens is 3. The topological polar surface area (TPSA) is 101 Å². The van der Waals surface area contributed by atoms with Gasteiger partial charge in [0.05, 0.1) is 22.8 Å². The second-order valence-corrected chi connectivity index (χ2v) is 8.32. The minimum atomic E-state index is -0.667. The molecule has 4 rings (SSSR count). The van der Waals surface area contributed by atoms with Gasteiger partial charge in [0.1, 0.15) is 5.82 Å². The summed E-state index contributed by atoms with van der Waals surface area (Å²) in [6, 6.07) is 1.64. The molecule has 31 heavy (non-hydrogen) atoms. The maximum absolute atomic E-state index is 14.2. The first-order valence-electron chi connectivity index (χ1n) is 10.6. The fourth-order valence-electron chi connectivity index (χ4n) is 3.82. The van der Waals surface area contributed by atoms with E-state index >= 15 is 0 Å². The van der Waals surface area contributed by atoms with Crippen molar-refractivity contribution in [1.29, 1.82) is 0 Å². The number of anilines is 2. The number of nitrogens with one attached hydrogen (secondary N) is 3. The van der Waals surface area contributed by atoms with Crippen LogP contribution in [0.2, 0.25) is 5.02 Å². The van der Waals surface area contributed by atoms with Gasteiger partial charge in [0.2, 0.25) is 5.91 Å². The third-order valence-corrected chi connectivity index (χ3v) is 5.98. The van der Waals surface area contributed by atoms with E-state index in [0.29, 0.717) is 41.1 Å². The average Bonchev–Trinajstić information content (AvgIpc) is 2.81. The minimum absolute atomic E-state index is 0.0794. The van der Waals surface area contributed by atoms with E-state index in [0.717, 1.165) is 45.4 Å². The van der Waals surface area contributed by atoms with Crippen LogP contribution in [-0.2, 0) is 9.53 Å². The summed E-state index contributed by atoms with van der Waals surface area (Å²) in [7, 11) is 0. The van der Waals surface area contributed by atoms with Crippen molar-refractivity contribution in [2.45, 2.75) is 25.7 Å². The fraction of sp³-hybridized carbons (Fsp3) is 0.524. The van der Waals surface area contributed by atoms with Gasteiger partial charge in [-0.25, -0.2) is 15.0 Å². The third-order valence-electron chi connectivity index (χ3n) is 5.68. The number of ether oxygens (including phenoxy) is 1. The molecule has 0 spiro atoms. The van der Waals surface area contributed by atoms with Crippen LogP contribution < -0.4 is 16.0 Å². The number of carbonyl (C=O) groups excluding carboxylic acids is 1. The molecule has 0 aromatic carbocycles. The molecule has 2 fully saturated rings. The molecule has 1 amide bonds. The quantitative estimate of drug-likeness (QED) is 0.624. The molecule has 4 heterocycles. The summed E-state index contributed by atoms with van der Waals surface area (Å²) in [6.45, 7) is 3.62. The van der Waals surface area contributed by atoms with Crippen LogP contribution in [0, 0.1) is 17.8 Å². The summed E-state index contributed by atoms with van der Waals surface area (Å²) in [5, 5.41) is 9.47. The lowest BCUT2D eigenvalue weighted by Gasteiger charge is -2.22. The minimum Gasteiger partial charge on any atom is -0.381 e. The summed E-state index contributed by atoms with van der Waals surface area (Å²) in [4.78, 5) is 24.9. The molecule has 0 bridgehead atoms. The lowest BCUT2D eigenvalue weighted by Crippen LogP contribution is -2.37. The van der Waals surface area contributed by atoms with Gasteiger partial charge in [-0.2, -0.15) is 4.39 Å². The predicted octanol–water partition coefficient (Wildman–Crippen LogP) is 3.11. The summed E-state index contributed by atoms with van der Waals surface area (Å²) >= 11 is 6.33. The zero-order valence-corrected chi connectivity index (χ0v) is 17.9.